The number of hydrogen-bond donors (Lipinski definition) is 0. The summed E-state index contributed by atoms with van der Waals surface area (Å²) in [5.74, 6) is 1.03. The van der Waals surface area contributed by atoms with Crippen molar-refractivity contribution in [2.75, 3.05) is 18.8 Å². The first-order valence-electron chi connectivity index (χ1n) is 11.5. The van der Waals surface area contributed by atoms with Crippen LogP contribution in [0.3, 0.4) is 0 Å². The Bertz CT molecular complexity index is 908. The van der Waals surface area contributed by atoms with Gasteiger partial charge in [-0.05, 0) is 5.92 Å². The maximum absolute atomic E-state index is 12.9. The summed E-state index contributed by atoms with van der Waals surface area (Å²) in [5, 5.41) is 0. The van der Waals surface area contributed by atoms with Gasteiger partial charge in [-0.3, -0.25) is 14.4 Å². The van der Waals surface area contributed by atoms with E-state index in [2.05, 4.69) is 13.8 Å². The van der Waals surface area contributed by atoms with Crippen molar-refractivity contribution in [2.45, 2.75) is 64.4 Å². The molecule has 1 spiro atoms. The van der Waals surface area contributed by atoms with E-state index in [-0.39, 0.29) is 11.5 Å². The number of amides is 1. The Morgan fingerprint density at radius 2 is 1.71 bits per heavy atom. The molecule has 1 aromatic rings. The van der Waals surface area contributed by atoms with Crippen molar-refractivity contribution in [3.05, 3.63) is 40.3 Å². The average Bonchev–Trinajstić information content (AvgIpc) is 2.78. The van der Waals surface area contributed by atoms with Crippen molar-refractivity contribution in [3.63, 3.8) is 0 Å². The van der Waals surface area contributed by atoms with E-state index in [1.54, 1.807) is 12.1 Å². The molecule has 1 aliphatic carbocycles. The molecular weight excluding hydrogens is 410 g/mol. The predicted molar refractivity (Wildman–Crippen MR) is 123 cm³/mol. The summed E-state index contributed by atoms with van der Waals surface area (Å²) < 4.78 is 6.50. The zero-order chi connectivity index (χ0) is 22.0. The lowest BCUT2D eigenvalue weighted by Crippen LogP contribution is -2.51. The predicted octanol–water partition coefficient (Wildman–Crippen LogP) is 4.85. The number of hydrogen-bond acceptors (Lipinski definition) is 5. The molecule has 1 fully saturated rings. The van der Waals surface area contributed by atoms with Gasteiger partial charge in [-0.15, -0.1) is 11.8 Å². The van der Waals surface area contributed by atoms with Crippen molar-refractivity contribution in [3.8, 4) is 0 Å². The van der Waals surface area contributed by atoms with Crippen LogP contribution in [0.15, 0.2) is 29.2 Å². The van der Waals surface area contributed by atoms with Crippen molar-refractivity contribution in [1.82, 2.24) is 4.90 Å². The summed E-state index contributed by atoms with van der Waals surface area (Å²) in [6.07, 6.45) is 6.60. The SMILES string of the molecule is CCCC(CCC)CC(=O)N1CCC2(CC1)CSC1=C(O2)c2ccccc2C(=O)C1=O. The van der Waals surface area contributed by atoms with Gasteiger partial charge in [0.25, 0.3) is 0 Å². The fourth-order valence-electron chi connectivity index (χ4n) is 4.96. The van der Waals surface area contributed by atoms with E-state index < -0.39 is 11.6 Å². The molecule has 0 unspecified atom stereocenters. The minimum Gasteiger partial charge on any atom is -0.484 e. The molecule has 6 heteroatoms. The van der Waals surface area contributed by atoms with Crippen molar-refractivity contribution >= 4 is 35.0 Å². The number of fused-ring (bicyclic) bond motifs is 2. The number of ether oxygens (including phenoxy) is 1. The van der Waals surface area contributed by atoms with E-state index in [9.17, 15) is 14.4 Å². The minimum absolute atomic E-state index is 0.258. The molecule has 0 aromatic heterocycles. The molecule has 31 heavy (non-hydrogen) atoms. The van der Waals surface area contributed by atoms with E-state index in [1.165, 1.54) is 11.8 Å². The van der Waals surface area contributed by atoms with Crippen molar-refractivity contribution in [2.24, 2.45) is 5.92 Å². The van der Waals surface area contributed by atoms with Crippen LogP contribution in [-0.2, 0) is 14.3 Å². The number of carbonyl (C=O) groups is 3. The smallest absolute Gasteiger partial charge is 0.243 e. The molecule has 0 saturated carbocycles. The first-order valence-corrected chi connectivity index (χ1v) is 12.5. The van der Waals surface area contributed by atoms with E-state index in [0.717, 1.165) is 38.5 Å². The topological polar surface area (TPSA) is 63.7 Å². The summed E-state index contributed by atoms with van der Waals surface area (Å²) >= 11 is 1.44. The highest BCUT2D eigenvalue weighted by Gasteiger charge is 2.46. The lowest BCUT2D eigenvalue weighted by atomic mass is 9.89. The number of thioether (sulfide) groups is 1. The highest BCUT2D eigenvalue weighted by Crippen LogP contribution is 2.47. The number of nitrogens with zero attached hydrogens (tertiary/aromatic N) is 1. The third-order valence-corrected chi connectivity index (χ3v) is 8.05. The van der Waals surface area contributed by atoms with Crippen molar-refractivity contribution < 1.29 is 19.1 Å². The second-order valence-corrected chi connectivity index (χ2v) is 9.95. The number of rotatable bonds is 6. The highest BCUT2D eigenvalue weighted by molar-refractivity contribution is 8.04. The first-order chi connectivity index (χ1) is 15.0. The van der Waals surface area contributed by atoms with E-state index in [1.807, 2.05) is 17.0 Å². The standard InChI is InChI=1S/C25H31NO4S/c1-3-7-17(8-4-2)15-20(27)26-13-11-25(12-14-26)16-31-24-22(29)21(28)18-9-5-6-10-19(18)23(24)30-25/h5-6,9-10,17H,3-4,7-8,11-16H2,1-2H3. The van der Waals surface area contributed by atoms with Crippen LogP contribution in [0.1, 0.15) is 74.7 Å². The van der Waals surface area contributed by atoms with Gasteiger partial charge in [0.15, 0.2) is 0 Å². The van der Waals surface area contributed by atoms with Gasteiger partial charge in [0.1, 0.15) is 16.3 Å². The number of Topliss-reactive ketones (excluding diaryl/α,β-unsaturated/α-hetero) is 2. The molecule has 166 valence electrons. The number of carbonyl (C=O) groups excluding carboxylic acids is 3. The molecule has 1 amide bonds. The quantitative estimate of drug-likeness (QED) is 0.591. The number of allylic oxidation sites excluding steroid dienone is 1. The van der Waals surface area contributed by atoms with Gasteiger partial charge >= 0.3 is 0 Å². The zero-order valence-corrected chi connectivity index (χ0v) is 19.3. The monoisotopic (exact) mass is 441 g/mol. The van der Waals surface area contributed by atoms with Crippen LogP contribution >= 0.6 is 11.8 Å². The Hall–Kier alpha value is -2.08. The Kier molecular flexibility index (Phi) is 6.56. The summed E-state index contributed by atoms with van der Waals surface area (Å²) in [4.78, 5) is 40.3. The molecule has 2 heterocycles. The average molecular weight is 442 g/mol. The summed E-state index contributed by atoms with van der Waals surface area (Å²) in [7, 11) is 0. The van der Waals surface area contributed by atoms with Crippen LogP contribution in [0.4, 0.5) is 0 Å². The maximum atomic E-state index is 12.9. The Morgan fingerprint density at radius 3 is 2.35 bits per heavy atom. The molecule has 2 aliphatic heterocycles. The lowest BCUT2D eigenvalue weighted by Gasteiger charge is -2.45. The van der Waals surface area contributed by atoms with Gasteiger partial charge in [-0.2, -0.15) is 0 Å². The number of benzene rings is 1. The summed E-state index contributed by atoms with van der Waals surface area (Å²) in [6.45, 7) is 5.73. The molecular formula is C25H31NO4S. The molecule has 0 radical (unpaired) electrons. The van der Waals surface area contributed by atoms with Gasteiger partial charge in [0.2, 0.25) is 17.5 Å². The van der Waals surface area contributed by atoms with Crippen LogP contribution in [0.5, 0.6) is 0 Å². The molecule has 0 bridgehead atoms. The van der Waals surface area contributed by atoms with Crippen LogP contribution in [0.2, 0.25) is 0 Å². The molecule has 4 rings (SSSR count). The van der Waals surface area contributed by atoms with Gasteiger partial charge in [-0.25, -0.2) is 0 Å². The number of piperidine rings is 1. The van der Waals surface area contributed by atoms with Gasteiger partial charge in [0, 0.05) is 49.2 Å². The second kappa shape index (κ2) is 9.19. The third-order valence-electron chi connectivity index (χ3n) is 6.72. The van der Waals surface area contributed by atoms with Crippen molar-refractivity contribution in [1.29, 1.82) is 0 Å². The van der Waals surface area contributed by atoms with E-state index in [0.29, 0.717) is 53.0 Å². The second-order valence-electron chi connectivity index (χ2n) is 8.96. The molecule has 0 atom stereocenters. The van der Waals surface area contributed by atoms with Gasteiger partial charge in [-0.1, -0.05) is 63.8 Å². The maximum Gasteiger partial charge on any atom is 0.243 e. The first kappa shape index (κ1) is 22.1. The summed E-state index contributed by atoms with van der Waals surface area (Å²) in [5.41, 5.74) is 0.754. The Labute approximate surface area is 188 Å². The number of ketones is 2. The van der Waals surface area contributed by atoms with E-state index >= 15 is 0 Å². The van der Waals surface area contributed by atoms with Gasteiger partial charge in [0.05, 0.1) is 0 Å². The Morgan fingerprint density at radius 1 is 1.06 bits per heavy atom. The molecule has 1 aromatic carbocycles. The molecule has 5 nitrogen and oxygen atoms in total. The van der Waals surface area contributed by atoms with Crippen LogP contribution in [-0.4, -0.2) is 46.8 Å². The van der Waals surface area contributed by atoms with Gasteiger partial charge < -0.3 is 9.64 Å². The molecule has 3 aliphatic rings. The fourth-order valence-corrected chi connectivity index (χ4v) is 6.22. The molecule has 1 saturated heterocycles. The molecule has 0 N–H and O–H groups in total. The van der Waals surface area contributed by atoms with Crippen LogP contribution in [0, 0.1) is 5.92 Å². The highest BCUT2D eigenvalue weighted by atomic mass is 32.2. The minimum atomic E-state index is -0.459. The third kappa shape index (κ3) is 4.32. The van der Waals surface area contributed by atoms with E-state index in [4.69, 9.17) is 4.74 Å². The number of likely N-dealkylation sites (tertiary alicyclic amines) is 1. The van der Waals surface area contributed by atoms with Crippen LogP contribution in [0.25, 0.3) is 5.76 Å². The lowest BCUT2D eigenvalue weighted by molar-refractivity contribution is -0.135. The normalized spacial score (nSPS) is 20.0. The fraction of sp³-hybridized carbons (Fsp3) is 0.560. The van der Waals surface area contributed by atoms with Crippen LogP contribution < -0.4 is 0 Å². The Balaban J connectivity index is 1.45. The zero-order valence-electron chi connectivity index (χ0n) is 18.4. The summed E-state index contributed by atoms with van der Waals surface area (Å²) in [6, 6.07) is 7.19. The largest absolute Gasteiger partial charge is 0.484 e.